The van der Waals surface area contributed by atoms with Crippen LogP contribution in [0.25, 0.3) is 0 Å². The number of allylic oxidation sites excluding steroid dienone is 3. The molecule has 16 heavy (non-hydrogen) atoms. The molecule has 0 rings (SSSR count). The molecule has 0 aromatic carbocycles. The van der Waals surface area contributed by atoms with Gasteiger partial charge in [0.15, 0.2) is 0 Å². The zero-order chi connectivity index (χ0) is 12.4. The molecular weight excluding hydrogens is 200 g/mol. The second-order valence-electron chi connectivity index (χ2n) is 4.38. The zero-order valence-corrected chi connectivity index (χ0v) is 10.8. The van der Waals surface area contributed by atoms with Crippen LogP contribution in [0.4, 0.5) is 0 Å². The second kappa shape index (κ2) is 9.20. The topological polar surface area (TPSA) is 37.3 Å². The van der Waals surface area contributed by atoms with E-state index in [2.05, 4.69) is 13.8 Å². The summed E-state index contributed by atoms with van der Waals surface area (Å²) in [6, 6.07) is 0. The Hall–Kier alpha value is -1.05. The maximum Gasteiger partial charge on any atom is 0.328 e. The van der Waals surface area contributed by atoms with E-state index in [9.17, 15) is 4.79 Å². The fraction of sp³-hybridized carbons (Fsp3) is 0.643. The Bertz CT molecular complexity index is 262. The van der Waals surface area contributed by atoms with Crippen molar-refractivity contribution in [2.75, 3.05) is 0 Å². The summed E-state index contributed by atoms with van der Waals surface area (Å²) in [6.45, 7) is 6.11. The third kappa shape index (κ3) is 9.50. The van der Waals surface area contributed by atoms with Gasteiger partial charge in [-0.05, 0) is 32.3 Å². The van der Waals surface area contributed by atoms with E-state index < -0.39 is 5.97 Å². The van der Waals surface area contributed by atoms with Crippen molar-refractivity contribution in [1.29, 1.82) is 0 Å². The summed E-state index contributed by atoms with van der Waals surface area (Å²) in [4.78, 5) is 10.4. The zero-order valence-electron chi connectivity index (χ0n) is 10.8. The summed E-state index contributed by atoms with van der Waals surface area (Å²) in [5.41, 5.74) is 2.09. The van der Waals surface area contributed by atoms with Crippen molar-refractivity contribution >= 4 is 5.97 Å². The van der Waals surface area contributed by atoms with Crippen molar-refractivity contribution < 1.29 is 9.90 Å². The summed E-state index contributed by atoms with van der Waals surface area (Å²) in [5, 5.41) is 8.56. The van der Waals surface area contributed by atoms with Gasteiger partial charge in [-0.25, -0.2) is 4.79 Å². The number of unbranched alkanes of at least 4 members (excludes halogenated alkanes) is 4. The average Bonchev–Trinajstić information content (AvgIpc) is 2.15. The minimum Gasteiger partial charge on any atom is -0.478 e. The van der Waals surface area contributed by atoms with E-state index in [-0.39, 0.29) is 0 Å². The van der Waals surface area contributed by atoms with Gasteiger partial charge in [0.05, 0.1) is 0 Å². The maximum atomic E-state index is 10.4. The number of carbonyl (C=O) groups is 1. The van der Waals surface area contributed by atoms with E-state index in [0.29, 0.717) is 0 Å². The van der Waals surface area contributed by atoms with Crippen LogP contribution in [-0.4, -0.2) is 11.1 Å². The van der Waals surface area contributed by atoms with Gasteiger partial charge in [-0.2, -0.15) is 0 Å². The van der Waals surface area contributed by atoms with Crippen LogP contribution < -0.4 is 0 Å². The quantitative estimate of drug-likeness (QED) is 0.378. The molecule has 0 unspecified atom stereocenters. The normalized spacial score (nSPS) is 12.9. The lowest BCUT2D eigenvalue weighted by Gasteiger charge is -2.01. The summed E-state index contributed by atoms with van der Waals surface area (Å²) in [6.07, 6.45) is 10.7. The fourth-order valence-corrected chi connectivity index (χ4v) is 1.70. The molecule has 1 N–H and O–H groups in total. The number of hydrogen-bond acceptors (Lipinski definition) is 1. The molecule has 0 amide bonds. The molecular formula is C14H24O2. The lowest BCUT2D eigenvalue weighted by molar-refractivity contribution is -0.131. The molecule has 0 saturated heterocycles. The van der Waals surface area contributed by atoms with Gasteiger partial charge in [0.1, 0.15) is 0 Å². The minimum atomic E-state index is -0.871. The van der Waals surface area contributed by atoms with Gasteiger partial charge >= 0.3 is 5.97 Å². The minimum absolute atomic E-state index is 0.818. The fourth-order valence-electron chi connectivity index (χ4n) is 1.70. The van der Waals surface area contributed by atoms with Gasteiger partial charge in [-0.3, -0.25) is 0 Å². The average molecular weight is 224 g/mol. The Morgan fingerprint density at radius 3 is 2.25 bits per heavy atom. The van der Waals surface area contributed by atoms with Gasteiger partial charge < -0.3 is 5.11 Å². The first-order valence-corrected chi connectivity index (χ1v) is 6.14. The highest BCUT2D eigenvalue weighted by atomic mass is 16.4. The molecule has 0 atom stereocenters. The third-order valence-electron chi connectivity index (χ3n) is 2.50. The van der Waals surface area contributed by atoms with E-state index in [1.54, 1.807) is 0 Å². The van der Waals surface area contributed by atoms with E-state index >= 15 is 0 Å². The molecule has 0 aliphatic carbocycles. The van der Waals surface area contributed by atoms with Crippen LogP contribution in [0.3, 0.4) is 0 Å². The first-order chi connectivity index (χ1) is 7.56. The van der Waals surface area contributed by atoms with Crippen molar-refractivity contribution in [3.63, 3.8) is 0 Å². The maximum absolute atomic E-state index is 10.4. The molecule has 0 spiro atoms. The van der Waals surface area contributed by atoms with Gasteiger partial charge in [-0.1, -0.05) is 44.3 Å². The van der Waals surface area contributed by atoms with Crippen LogP contribution >= 0.6 is 0 Å². The first-order valence-electron chi connectivity index (χ1n) is 6.14. The number of carboxylic acid groups (broad SMARTS) is 1. The Kier molecular flexibility index (Phi) is 8.59. The van der Waals surface area contributed by atoms with E-state index in [1.165, 1.54) is 43.8 Å². The molecule has 0 heterocycles. The molecule has 0 aromatic heterocycles. The predicted molar refractivity (Wildman–Crippen MR) is 68.5 cm³/mol. The van der Waals surface area contributed by atoms with E-state index in [4.69, 9.17) is 5.11 Å². The molecule has 92 valence electrons. The first kappa shape index (κ1) is 14.9. The van der Waals surface area contributed by atoms with Gasteiger partial charge in [0.2, 0.25) is 0 Å². The predicted octanol–water partition coefficient (Wildman–Crippen LogP) is 4.32. The van der Waals surface area contributed by atoms with Crippen LogP contribution in [-0.2, 0) is 4.79 Å². The van der Waals surface area contributed by atoms with Crippen LogP contribution in [0.5, 0.6) is 0 Å². The molecule has 0 aliphatic rings. The summed E-state index contributed by atoms with van der Waals surface area (Å²) >= 11 is 0. The Morgan fingerprint density at radius 2 is 1.69 bits per heavy atom. The largest absolute Gasteiger partial charge is 0.478 e. The van der Waals surface area contributed by atoms with Crippen LogP contribution in [0.15, 0.2) is 23.3 Å². The van der Waals surface area contributed by atoms with Gasteiger partial charge in [0.25, 0.3) is 0 Å². The van der Waals surface area contributed by atoms with Gasteiger partial charge in [-0.15, -0.1) is 0 Å². The third-order valence-corrected chi connectivity index (χ3v) is 2.50. The van der Waals surface area contributed by atoms with Crippen molar-refractivity contribution in [3.05, 3.63) is 23.3 Å². The highest BCUT2D eigenvalue weighted by molar-refractivity contribution is 5.81. The van der Waals surface area contributed by atoms with Crippen molar-refractivity contribution in [1.82, 2.24) is 0 Å². The molecule has 0 aliphatic heterocycles. The molecule has 0 bridgehead atoms. The monoisotopic (exact) mass is 224 g/mol. The lowest BCUT2D eigenvalue weighted by atomic mass is 10.0. The van der Waals surface area contributed by atoms with Crippen molar-refractivity contribution in [2.24, 2.45) is 0 Å². The SMILES string of the molecule is CCCCCCC/C(C)=C\C(C)=C\C(=O)O. The molecule has 2 heteroatoms. The Labute approximate surface area is 99.1 Å². The summed E-state index contributed by atoms with van der Waals surface area (Å²) in [7, 11) is 0. The Morgan fingerprint density at radius 1 is 1.06 bits per heavy atom. The highest BCUT2D eigenvalue weighted by Gasteiger charge is 1.94. The smallest absolute Gasteiger partial charge is 0.328 e. The number of aliphatic carboxylic acids is 1. The van der Waals surface area contributed by atoms with Crippen LogP contribution in [0, 0.1) is 0 Å². The standard InChI is InChI=1S/C14H24O2/c1-4-5-6-7-8-9-12(2)10-13(3)11-14(15)16/h10-11H,4-9H2,1-3H3,(H,15,16)/b12-10-,13-11+. The lowest BCUT2D eigenvalue weighted by Crippen LogP contribution is -1.89. The van der Waals surface area contributed by atoms with E-state index in [1.807, 2.05) is 13.0 Å². The molecule has 0 fully saturated rings. The second-order valence-corrected chi connectivity index (χ2v) is 4.38. The molecule has 0 saturated carbocycles. The molecule has 2 nitrogen and oxygen atoms in total. The van der Waals surface area contributed by atoms with Crippen molar-refractivity contribution in [3.8, 4) is 0 Å². The van der Waals surface area contributed by atoms with Crippen LogP contribution in [0.2, 0.25) is 0 Å². The Balaban J connectivity index is 3.83. The van der Waals surface area contributed by atoms with E-state index in [0.717, 1.165) is 12.0 Å². The van der Waals surface area contributed by atoms with Crippen LogP contribution in [0.1, 0.15) is 59.3 Å². The molecule has 0 aromatic rings. The highest BCUT2D eigenvalue weighted by Crippen LogP contribution is 2.12. The number of carboxylic acids is 1. The summed E-state index contributed by atoms with van der Waals surface area (Å²) in [5.74, 6) is -0.871. The summed E-state index contributed by atoms with van der Waals surface area (Å²) < 4.78 is 0. The number of hydrogen-bond donors (Lipinski definition) is 1. The van der Waals surface area contributed by atoms with Crippen molar-refractivity contribution in [2.45, 2.75) is 59.3 Å². The van der Waals surface area contributed by atoms with Gasteiger partial charge in [0, 0.05) is 6.08 Å². The molecule has 0 radical (unpaired) electrons. The number of rotatable bonds is 8.